The molecule has 23 heavy (non-hydrogen) atoms. The van der Waals surface area contributed by atoms with Gasteiger partial charge in [0, 0.05) is 15.1 Å². The van der Waals surface area contributed by atoms with Crippen LogP contribution in [0.3, 0.4) is 0 Å². The predicted molar refractivity (Wildman–Crippen MR) is 93.3 cm³/mol. The van der Waals surface area contributed by atoms with Crippen molar-refractivity contribution in [3.63, 3.8) is 0 Å². The van der Waals surface area contributed by atoms with E-state index in [4.69, 9.17) is 0 Å². The third-order valence-corrected chi connectivity index (χ3v) is 5.56. The number of allylic oxidation sites excluding steroid dienone is 8. The van der Waals surface area contributed by atoms with Gasteiger partial charge >= 0.3 is 41.3 Å². The van der Waals surface area contributed by atoms with Crippen molar-refractivity contribution in [2.45, 2.75) is 45.3 Å². The predicted octanol–water partition coefficient (Wildman–Crippen LogP) is -0.462. The first-order chi connectivity index (χ1) is 9.92. The molecule has 0 radical (unpaired) electrons. The summed E-state index contributed by atoms with van der Waals surface area (Å²) in [5.41, 5.74) is 1.63. The maximum Gasteiger partial charge on any atom is -1.00 e. The average molecular weight is 447 g/mol. The van der Waals surface area contributed by atoms with Crippen molar-refractivity contribution < 1.29 is 49.0 Å². The van der Waals surface area contributed by atoms with Crippen LogP contribution in [0.2, 0.25) is 0 Å². The summed E-state index contributed by atoms with van der Waals surface area (Å²) >= 11 is 3.58. The summed E-state index contributed by atoms with van der Waals surface area (Å²) in [6, 6.07) is 0. The van der Waals surface area contributed by atoms with Crippen LogP contribution in [0.15, 0.2) is 59.1 Å². The Morgan fingerprint density at radius 3 is 2.17 bits per heavy atom. The summed E-state index contributed by atoms with van der Waals surface area (Å²) in [6.07, 6.45) is 20.7. The molecule has 0 aromatic heterocycles. The Labute approximate surface area is 172 Å². The van der Waals surface area contributed by atoms with E-state index < -0.39 is 0 Å². The molecule has 0 N–H and O–H groups in total. The fourth-order valence-electron chi connectivity index (χ4n) is 3.08. The van der Waals surface area contributed by atoms with Gasteiger partial charge in [-0.2, -0.15) is 0 Å². The SMILES string of the molecule is CCCC1(C2(C)C=C3C=CC=C3S2)C=CC=C1.C[C](C)=[Zr+2].[Cl-].[Cl-]. The first kappa shape index (κ1) is 23.4. The van der Waals surface area contributed by atoms with Crippen LogP contribution in [-0.2, 0) is 24.2 Å². The standard InChI is InChI=1S/C16H18S.C3H6.2ClH.Zr/c1-3-9-16(10-4-5-11-16)15(2)12-13-7-6-8-14(13)17-15;1-3-2;;;/h4-8,10-12H,3,9H2,1-2H3;1-2H3;2*1H;/q;;;;+2/p-2. The van der Waals surface area contributed by atoms with Crippen molar-refractivity contribution in [2.24, 2.45) is 5.41 Å². The van der Waals surface area contributed by atoms with Crippen molar-refractivity contribution in [1.82, 2.24) is 0 Å². The van der Waals surface area contributed by atoms with Gasteiger partial charge in [-0.15, -0.1) is 11.8 Å². The Bertz CT molecular complexity index is 568. The molecule has 0 amide bonds. The number of hydrogen-bond donors (Lipinski definition) is 0. The van der Waals surface area contributed by atoms with Crippen molar-refractivity contribution >= 4 is 15.0 Å². The molecule has 0 spiro atoms. The molecule has 0 aromatic carbocycles. The number of fused-ring (bicyclic) bond motifs is 1. The van der Waals surface area contributed by atoms with E-state index in [1.807, 2.05) is 11.8 Å². The fraction of sp³-hybridized carbons (Fsp3) is 0.421. The molecule has 3 aliphatic rings. The van der Waals surface area contributed by atoms with Gasteiger partial charge in [0.05, 0.1) is 0 Å². The second-order valence-corrected chi connectivity index (χ2v) is 10.2. The smallest absolute Gasteiger partial charge is 1.00 e. The molecule has 0 bridgehead atoms. The monoisotopic (exact) mass is 444 g/mol. The second-order valence-electron chi connectivity index (χ2n) is 6.21. The molecule has 3 rings (SSSR count). The number of halogens is 2. The number of thioether (sulfide) groups is 1. The minimum Gasteiger partial charge on any atom is -1.00 e. The minimum absolute atomic E-state index is 0. The summed E-state index contributed by atoms with van der Waals surface area (Å²) in [4.78, 5) is 1.44. The van der Waals surface area contributed by atoms with Crippen LogP contribution in [-0.4, -0.2) is 7.95 Å². The average Bonchev–Trinajstić information content (AvgIpc) is 3.04. The molecule has 0 aromatic rings. The Morgan fingerprint density at radius 1 is 1.13 bits per heavy atom. The summed E-state index contributed by atoms with van der Waals surface area (Å²) in [7, 11) is 0. The van der Waals surface area contributed by atoms with Crippen LogP contribution in [0.5, 0.6) is 0 Å². The minimum atomic E-state index is 0. The normalized spacial score (nSPS) is 24.8. The molecule has 1 unspecified atom stereocenters. The summed E-state index contributed by atoms with van der Waals surface area (Å²) in [5.74, 6) is 0. The zero-order valence-electron chi connectivity index (χ0n) is 14.2. The van der Waals surface area contributed by atoms with Gasteiger partial charge < -0.3 is 24.8 Å². The summed E-state index contributed by atoms with van der Waals surface area (Å²) < 4.78 is 1.69. The summed E-state index contributed by atoms with van der Waals surface area (Å²) in [6.45, 7) is 8.90. The van der Waals surface area contributed by atoms with Gasteiger partial charge in [0.1, 0.15) is 0 Å². The summed E-state index contributed by atoms with van der Waals surface area (Å²) in [5, 5.41) is 0. The Balaban J connectivity index is 0.000000731. The molecule has 0 saturated heterocycles. The maximum atomic E-state index is 2.46. The zero-order valence-corrected chi connectivity index (χ0v) is 19.0. The zero-order chi connectivity index (χ0) is 15.5. The van der Waals surface area contributed by atoms with Gasteiger partial charge in [0.25, 0.3) is 0 Å². The van der Waals surface area contributed by atoms with E-state index in [-0.39, 0.29) is 35.0 Å². The van der Waals surface area contributed by atoms with Gasteiger partial charge in [-0.1, -0.05) is 55.9 Å². The topological polar surface area (TPSA) is 0 Å². The quantitative estimate of drug-likeness (QED) is 0.566. The molecule has 1 atom stereocenters. The van der Waals surface area contributed by atoms with E-state index in [1.54, 1.807) is 24.2 Å². The van der Waals surface area contributed by atoms with Gasteiger partial charge in [-0.05, 0) is 25.0 Å². The molecular formula is C19H24Cl2SZr. The first-order valence-electron chi connectivity index (χ1n) is 7.62. The maximum absolute atomic E-state index is 2.46. The van der Waals surface area contributed by atoms with E-state index in [0.717, 1.165) is 0 Å². The van der Waals surface area contributed by atoms with E-state index in [1.165, 1.54) is 26.5 Å². The molecule has 0 fully saturated rings. The molecule has 2 aliphatic carbocycles. The number of hydrogen-bond acceptors (Lipinski definition) is 1. The molecule has 1 heterocycles. The van der Waals surface area contributed by atoms with E-state index >= 15 is 0 Å². The first-order valence-corrected chi connectivity index (χ1v) is 9.66. The molecule has 0 saturated carbocycles. The Kier molecular flexibility index (Phi) is 9.92. The van der Waals surface area contributed by atoms with Crippen LogP contribution in [0.4, 0.5) is 0 Å². The third-order valence-electron chi connectivity index (χ3n) is 4.05. The van der Waals surface area contributed by atoms with Gasteiger partial charge in [0.2, 0.25) is 0 Å². The van der Waals surface area contributed by atoms with E-state index in [0.29, 0.717) is 0 Å². The third kappa shape index (κ3) is 5.18. The van der Waals surface area contributed by atoms with Crippen molar-refractivity contribution in [1.29, 1.82) is 0 Å². The largest absolute Gasteiger partial charge is 1.00 e. The van der Waals surface area contributed by atoms with Crippen LogP contribution >= 0.6 is 11.8 Å². The van der Waals surface area contributed by atoms with E-state index in [9.17, 15) is 0 Å². The fourth-order valence-corrected chi connectivity index (χ4v) is 4.55. The van der Waals surface area contributed by atoms with Crippen LogP contribution in [0.1, 0.15) is 40.5 Å². The van der Waals surface area contributed by atoms with Crippen molar-refractivity contribution in [2.75, 3.05) is 0 Å². The molecule has 1 aliphatic heterocycles. The number of rotatable bonds is 3. The molecule has 124 valence electrons. The molecular weight excluding hydrogens is 422 g/mol. The van der Waals surface area contributed by atoms with E-state index in [2.05, 4.69) is 76.3 Å². The van der Waals surface area contributed by atoms with Crippen LogP contribution in [0.25, 0.3) is 0 Å². The molecule has 0 nitrogen and oxygen atoms in total. The van der Waals surface area contributed by atoms with Crippen LogP contribution in [0, 0.1) is 5.41 Å². The molecule has 4 heteroatoms. The second kappa shape index (κ2) is 9.76. The Hall–Kier alpha value is 0.383. The van der Waals surface area contributed by atoms with Gasteiger partial charge in [-0.3, -0.25) is 0 Å². The van der Waals surface area contributed by atoms with Crippen molar-refractivity contribution in [3.8, 4) is 0 Å². The van der Waals surface area contributed by atoms with Gasteiger partial charge in [-0.25, -0.2) is 0 Å². The van der Waals surface area contributed by atoms with Crippen molar-refractivity contribution in [3.05, 3.63) is 59.1 Å². The van der Waals surface area contributed by atoms with Gasteiger partial charge in [0.15, 0.2) is 0 Å². The van der Waals surface area contributed by atoms with Crippen LogP contribution < -0.4 is 24.8 Å². The Morgan fingerprint density at radius 2 is 1.70 bits per heavy atom.